The maximum atomic E-state index is 12.6. The number of carbonyl (C=O) groups excluding carboxylic acids is 1. The lowest BCUT2D eigenvalue weighted by atomic mass is 10.0. The van der Waals surface area contributed by atoms with Crippen molar-refractivity contribution in [2.75, 3.05) is 6.54 Å². The average Bonchev–Trinajstić information content (AvgIpc) is 3.22. The minimum Gasteiger partial charge on any atom is -0.340 e. The van der Waals surface area contributed by atoms with Crippen molar-refractivity contribution in [1.82, 2.24) is 14.9 Å². The molecule has 3 N–H and O–H groups in total. The van der Waals surface area contributed by atoms with Gasteiger partial charge in [-0.3, -0.25) is 4.79 Å². The molecule has 5 heteroatoms. The Labute approximate surface area is 143 Å². The summed E-state index contributed by atoms with van der Waals surface area (Å²) in [4.78, 5) is 22.5. The van der Waals surface area contributed by atoms with E-state index in [0.717, 1.165) is 36.5 Å². The Kier molecular flexibility index (Phi) is 4.71. The van der Waals surface area contributed by atoms with Crippen molar-refractivity contribution >= 4 is 5.91 Å². The Morgan fingerprint density at radius 3 is 2.71 bits per heavy atom. The van der Waals surface area contributed by atoms with Crippen molar-refractivity contribution in [2.45, 2.75) is 45.7 Å². The van der Waals surface area contributed by atoms with Gasteiger partial charge in [0.05, 0.1) is 24.0 Å². The molecule has 3 rings (SSSR count). The van der Waals surface area contributed by atoms with Crippen LogP contribution in [0.3, 0.4) is 0 Å². The van der Waals surface area contributed by atoms with Gasteiger partial charge in [0.15, 0.2) is 0 Å². The molecular formula is C19H26N4O. The van der Waals surface area contributed by atoms with Gasteiger partial charge in [0.25, 0.3) is 0 Å². The van der Waals surface area contributed by atoms with Crippen molar-refractivity contribution < 1.29 is 4.79 Å². The summed E-state index contributed by atoms with van der Waals surface area (Å²) in [5.74, 6) is 1.02. The molecule has 1 aromatic carbocycles. The van der Waals surface area contributed by atoms with Crippen LogP contribution in [0.1, 0.15) is 44.1 Å². The number of carbonyl (C=O) groups is 1. The van der Waals surface area contributed by atoms with Crippen LogP contribution in [0.5, 0.6) is 0 Å². The molecule has 2 heterocycles. The van der Waals surface area contributed by atoms with Crippen LogP contribution in [0, 0.1) is 12.8 Å². The Bertz CT molecular complexity index is 704. The Morgan fingerprint density at radius 2 is 2.04 bits per heavy atom. The van der Waals surface area contributed by atoms with Gasteiger partial charge in [-0.1, -0.05) is 43.7 Å². The van der Waals surface area contributed by atoms with Crippen LogP contribution >= 0.6 is 0 Å². The molecule has 1 aliphatic heterocycles. The summed E-state index contributed by atoms with van der Waals surface area (Å²) in [5, 5.41) is 0. The number of imidazole rings is 1. The molecule has 2 unspecified atom stereocenters. The molecule has 1 amide bonds. The topological polar surface area (TPSA) is 75.0 Å². The number of nitrogens with zero attached hydrogens (tertiary/aromatic N) is 2. The monoisotopic (exact) mass is 326 g/mol. The van der Waals surface area contributed by atoms with Gasteiger partial charge in [0.2, 0.25) is 5.91 Å². The Hall–Kier alpha value is -2.14. The summed E-state index contributed by atoms with van der Waals surface area (Å²) < 4.78 is 0. The Balaban J connectivity index is 1.81. The van der Waals surface area contributed by atoms with Crippen molar-refractivity contribution in [3.8, 4) is 11.3 Å². The molecule has 0 saturated carbocycles. The van der Waals surface area contributed by atoms with E-state index in [1.807, 2.05) is 24.9 Å². The van der Waals surface area contributed by atoms with Gasteiger partial charge < -0.3 is 15.6 Å². The van der Waals surface area contributed by atoms with Crippen LogP contribution in [0.15, 0.2) is 30.5 Å². The molecule has 1 aliphatic rings. The second kappa shape index (κ2) is 6.77. The molecule has 0 aliphatic carbocycles. The number of rotatable bonds is 4. The van der Waals surface area contributed by atoms with Crippen molar-refractivity contribution in [1.29, 1.82) is 0 Å². The third-order valence-corrected chi connectivity index (χ3v) is 4.81. The zero-order chi connectivity index (χ0) is 17.3. The van der Waals surface area contributed by atoms with E-state index in [0.29, 0.717) is 0 Å². The van der Waals surface area contributed by atoms with Crippen LogP contribution in [0.2, 0.25) is 0 Å². The summed E-state index contributed by atoms with van der Waals surface area (Å²) in [6, 6.07) is 7.89. The molecule has 128 valence electrons. The van der Waals surface area contributed by atoms with Crippen molar-refractivity contribution in [2.24, 2.45) is 11.7 Å². The van der Waals surface area contributed by atoms with Gasteiger partial charge >= 0.3 is 0 Å². The van der Waals surface area contributed by atoms with Crippen molar-refractivity contribution in [3.63, 3.8) is 0 Å². The number of amides is 1. The fourth-order valence-electron chi connectivity index (χ4n) is 3.18. The molecule has 0 radical (unpaired) electrons. The number of aromatic amines is 1. The van der Waals surface area contributed by atoms with Crippen molar-refractivity contribution in [3.05, 3.63) is 41.9 Å². The van der Waals surface area contributed by atoms with E-state index in [-0.39, 0.29) is 17.9 Å². The molecule has 1 saturated heterocycles. The van der Waals surface area contributed by atoms with E-state index in [1.54, 1.807) is 0 Å². The standard InChI is InChI=1S/C19H26N4O/c1-12(2)17(20)19(24)23-10-4-5-16(23)18-21-11-15(22-18)14-8-6-13(3)7-9-14/h6-9,11-12,16-17H,4-5,10,20H2,1-3H3,(H,21,22). The fourth-order valence-corrected chi connectivity index (χ4v) is 3.18. The first-order valence-corrected chi connectivity index (χ1v) is 8.65. The lowest BCUT2D eigenvalue weighted by Gasteiger charge is -2.27. The van der Waals surface area contributed by atoms with Crippen LogP contribution in [0.25, 0.3) is 11.3 Å². The summed E-state index contributed by atoms with van der Waals surface area (Å²) in [5.41, 5.74) is 9.39. The molecule has 24 heavy (non-hydrogen) atoms. The van der Waals surface area contributed by atoms with Gasteiger partial charge in [-0.25, -0.2) is 4.98 Å². The molecule has 0 spiro atoms. The number of H-pyrrole nitrogens is 1. The number of nitrogens with two attached hydrogens (primary N) is 1. The molecular weight excluding hydrogens is 300 g/mol. The second-order valence-corrected chi connectivity index (χ2v) is 7.01. The highest BCUT2D eigenvalue weighted by Gasteiger charge is 2.35. The molecule has 5 nitrogen and oxygen atoms in total. The number of hydrogen-bond acceptors (Lipinski definition) is 3. The molecule has 1 aromatic heterocycles. The predicted octanol–water partition coefficient (Wildman–Crippen LogP) is 3.03. The normalized spacial score (nSPS) is 19.0. The van der Waals surface area contributed by atoms with E-state index < -0.39 is 6.04 Å². The van der Waals surface area contributed by atoms with E-state index in [1.165, 1.54) is 5.56 Å². The second-order valence-electron chi connectivity index (χ2n) is 7.01. The van der Waals surface area contributed by atoms with Gasteiger partial charge in [-0.2, -0.15) is 0 Å². The first-order valence-electron chi connectivity index (χ1n) is 8.65. The number of hydrogen-bond donors (Lipinski definition) is 2. The molecule has 2 atom stereocenters. The fraction of sp³-hybridized carbons (Fsp3) is 0.474. The minimum atomic E-state index is -0.447. The zero-order valence-corrected chi connectivity index (χ0v) is 14.6. The summed E-state index contributed by atoms with van der Waals surface area (Å²) >= 11 is 0. The zero-order valence-electron chi connectivity index (χ0n) is 14.6. The molecule has 0 bridgehead atoms. The summed E-state index contributed by atoms with van der Waals surface area (Å²) in [6.07, 6.45) is 3.77. The maximum absolute atomic E-state index is 12.6. The van der Waals surface area contributed by atoms with Crippen LogP contribution < -0.4 is 5.73 Å². The highest BCUT2D eigenvalue weighted by molar-refractivity contribution is 5.82. The maximum Gasteiger partial charge on any atom is 0.240 e. The van der Waals surface area contributed by atoms with Crippen LogP contribution in [-0.2, 0) is 4.79 Å². The van der Waals surface area contributed by atoms with E-state index in [4.69, 9.17) is 5.73 Å². The first-order chi connectivity index (χ1) is 11.5. The van der Waals surface area contributed by atoms with Gasteiger partial charge in [0.1, 0.15) is 5.82 Å². The number of likely N-dealkylation sites (tertiary alicyclic amines) is 1. The minimum absolute atomic E-state index is 0.00139. The van der Waals surface area contributed by atoms with Gasteiger partial charge in [0, 0.05) is 6.54 Å². The number of benzene rings is 1. The quantitative estimate of drug-likeness (QED) is 0.907. The van der Waals surface area contributed by atoms with Gasteiger partial charge in [-0.15, -0.1) is 0 Å². The Morgan fingerprint density at radius 1 is 1.33 bits per heavy atom. The largest absolute Gasteiger partial charge is 0.340 e. The van der Waals surface area contributed by atoms with Gasteiger partial charge in [-0.05, 0) is 31.2 Å². The predicted molar refractivity (Wildman–Crippen MR) is 95.3 cm³/mol. The first kappa shape index (κ1) is 16.7. The smallest absolute Gasteiger partial charge is 0.240 e. The highest BCUT2D eigenvalue weighted by atomic mass is 16.2. The molecule has 2 aromatic rings. The average molecular weight is 326 g/mol. The summed E-state index contributed by atoms with van der Waals surface area (Å²) in [7, 11) is 0. The summed E-state index contributed by atoms with van der Waals surface area (Å²) in [6.45, 7) is 6.79. The highest BCUT2D eigenvalue weighted by Crippen LogP contribution is 2.32. The van der Waals surface area contributed by atoms with E-state index >= 15 is 0 Å². The lowest BCUT2D eigenvalue weighted by molar-refractivity contribution is -0.134. The number of aryl methyl sites for hydroxylation is 1. The van der Waals surface area contributed by atoms with Crippen LogP contribution in [0.4, 0.5) is 0 Å². The van der Waals surface area contributed by atoms with E-state index in [9.17, 15) is 4.79 Å². The number of nitrogens with one attached hydrogen (secondary N) is 1. The third kappa shape index (κ3) is 3.22. The lowest BCUT2D eigenvalue weighted by Crippen LogP contribution is -2.46. The SMILES string of the molecule is Cc1ccc(-c2cnc(C3CCCN3C(=O)C(N)C(C)C)[nH]2)cc1. The number of aromatic nitrogens is 2. The molecule has 1 fully saturated rings. The van der Waals surface area contributed by atoms with E-state index in [2.05, 4.69) is 41.2 Å². The van der Waals surface area contributed by atoms with Crippen LogP contribution in [-0.4, -0.2) is 33.4 Å². The third-order valence-electron chi connectivity index (χ3n) is 4.81.